The molecule has 0 heterocycles. The van der Waals surface area contributed by atoms with E-state index in [1.807, 2.05) is 13.0 Å². The van der Waals surface area contributed by atoms with Gasteiger partial charge < -0.3 is 19.9 Å². The van der Waals surface area contributed by atoms with Crippen LogP contribution >= 0.6 is 11.6 Å². The Labute approximate surface area is 179 Å². The summed E-state index contributed by atoms with van der Waals surface area (Å²) in [5.74, 6) is -0.212. The van der Waals surface area contributed by atoms with Crippen LogP contribution in [0, 0.1) is 5.82 Å². The number of carboxylic acid groups (broad SMARTS) is 1. The summed E-state index contributed by atoms with van der Waals surface area (Å²) in [5, 5.41) is 12.7. The maximum absolute atomic E-state index is 13.1. The lowest BCUT2D eigenvalue weighted by Gasteiger charge is -2.16. The molecule has 0 spiro atoms. The summed E-state index contributed by atoms with van der Waals surface area (Å²) < 4.78 is 24.6. The third-order valence-electron chi connectivity index (χ3n) is 4.34. The maximum atomic E-state index is 13.1. The SMILES string of the molecule is CCOc1cc(CNc2ccc(C(=O)O)cc2)c(Cl)cc1OCc1ccc(F)cc1. The van der Waals surface area contributed by atoms with E-state index < -0.39 is 5.97 Å². The molecule has 5 nitrogen and oxygen atoms in total. The van der Waals surface area contributed by atoms with Crippen LogP contribution in [0.3, 0.4) is 0 Å². The molecule has 0 aliphatic rings. The molecule has 0 radical (unpaired) electrons. The number of aromatic carboxylic acids is 1. The van der Waals surface area contributed by atoms with Crippen molar-refractivity contribution in [1.82, 2.24) is 0 Å². The Morgan fingerprint density at radius 1 is 1.03 bits per heavy atom. The Hall–Kier alpha value is -3.25. The number of rotatable bonds is 9. The molecular formula is C23H21ClFNO4. The average molecular weight is 430 g/mol. The van der Waals surface area contributed by atoms with Crippen LogP contribution < -0.4 is 14.8 Å². The molecule has 0 aromatic heterocycles. The van der Waals surface area contributed by atoms with E-state index in [9.17, 15) is 9.18 Å². The number of anilines is 1. The first-order valence-electron chi connectivity index (χ1n) is 9.36. The van der Waals surface area contributed by atoms with E-state index in [0.29, 0.717) is 29.7 Å². The van der Waals surface area contributed by atoms with Crippen LogP contribution in [0.2, 0.25) is 5.02 Å². The molecule has 3 rings (SSSR count). The van der Waals surface area contributed by atoms with Crippen molar-refractivity contribution in [1.29, 1.82) is 0 Å². The summed E-state index contributed by atoms with van der Waals surface area (Å²) in [6, 6.07) is 16.0. The lowest BCUT2D eigenvalue weighted by molar-refractivity contribution is 0.0697. The summed E-state index contributed by atoms with van der Waals surface area (Å²) in [7, 11) is 0. The standard InChI is InChI=1S/C23H21ClFNO4/c1-2-29-21-11-17(13-26-19-9-5-16(6-10-19)23(27)28)20(24)12-22(21)30-14-15-3-7-18(25)8-4-15/h3-12,26H,2,13-14H2,1H3,(H,27,28). The van der Waals surface area contributed by atoms with Crippen molar-refractivity contribution >= 4 is 23.3 Å². The van der Waals surface area contributed by atoms with Crippen molar-refractivity contribution in [2.24, 2.45) is 0 Å². The molecule has 0 aliphatic carbocycles. The smallest absolute Gasteiger partial charge is 0.335 e. The Kier molecular flexibility index (Phi) is 7.14. The second-order valence-corrected chi connectivity index (χ2v) is 6.88. The van der Waals surface area contributed by atoms with Crippen LogP contribution in [-0.4, -0.2) is 17.7 Å². The van der Waals surface area contributed by atoms with Crippen LogP contribution in [0.25, 0.3) is 0 Å². The molecule has 156 valence electrons. The first-order valence-corrected chi connectivity index (χ1v) is 9.73. The maximum Gasteiger partial charge on any atom is 0.335 e. The Bertz CT molecular complexity index is 1010. The Morgan fingerprint density at radius 2 is 1.70 bits per heavy atom. The van der Waals surface area contributed by atoms with Crippen molar-refractivity contribution in [3.63, 3.8) is 0 Å². The van der Waals surface area contributed by atoms with E-state index in [-0.39, 0.29) is 18.0 Å². The number of carbonyl (C=O) groups is 1. The lowest BCUT2D eigenvalue weighted by atomic mass is 10.1. The van der Waals surface area contributed by atoms with Gasteiger partial charge in [-0.05, 0) is 60.5 Å². The summed E-state index contributed by atoms with van der Waals surface area (Å²) in [5.41, 5.74) is 2.62. The molecule has 0 unspecified atom stereocenters. The van der Waals surface area contributed by atoms with E-state index in [1.54, 1.807) is 30.3 Å². The summed E-state index contributed by atoms with van der Waals surface area (Å²) >= 11 is 6.43. The quantitative estimate of drug-likeness (QED) is 0.452. The fraction of sp³-hybridized carbons (Fsp3) is 0.174. The average Bonchev–Trinajstić information content (AvgIpc) is 2.74. The number of carboxylic acids is 1. The third-order valence-corrected chi connectivity index (χ3v) is 4.69. The molecule has 0 bridgehead atoms. The predicted octanol–water partition coefficient (Wildman–Crippen LogP) is 5.77. The van der Waals surface area contributed by atoms with Gasteiger partial charge in [-0.1, -0.05) is 23.7 Å². The highest BCUT2D eigenvalue weighted by Crippen LogP contribution is 2.34. The fourth-order valence-electron chi connectivity index (χ4n) is 2.76. The zero-order valence-electron chi connectivity index (χ0n) is 16.3. The van der Waals surface area contributed by atoms with Gasteiger partial charge in [0.15, 0.2) is 11.5 Å². The fourth-order valence-corrected chi connectivity index (χ4v) is 2.98. The van der Waals surface area contributed by atoms with Gasteiger partial charge in [0.05, 0.1) is 12.2 Å². The van der Waals surface area contributed by atoms with Crippen LogP contribution in [-0.2, 0) is 13.2 Å². The van der Waals surface area contributed by atoms with Crippen molar-refractivity contribution in [3.8, 4) is 11.5 Å². The molecular weight excluding hydrogens is 409 g/mol. The number of hydrogen-bond acceptors (Lipinski definition) is 4. The van der Waals surface area contributed by atoms with Crippen molar-refractivity contribution in [2.75, 3.05) is 11.9 Å². The predicted molar refractivity (Wildman–Crippen MR) is 114 cm³/mol. The van der Waals surface area contributed by atoms with E-state index in [1.165, 1.54) is 24.3 Å². The number of ether oxygens (including phenoxy) is 2. The minimum absolute atomic E-state index is 0.222. The van der Waals surface area contributed by atoms with Crippen LogP contribution in [0.5, 0.6) is 11.5 Å². The monoisotopic (exact) mass is 429 g/mol. The second-order valence-electron chi connectivity index (χ2n) is 6.47. The minimum atomic E-state index is -0.970. The number of benzene rings is 3. The summed E-state index contributed by atoms with van der Waals surface area (Å²) in [6.07, 6.45) is 0. The van der Waals surface area contributed by atoms with Gasteiger partial charge >= 0.3 is 5.97 Å². The first kappa shape index (κ1) is 21.5. The van der Waals surface area contributed by atoms with Gasteiger partial charge in [0.2, 0.25) is 0 Å². The number of halogens is 2. The molecule has 0 aliphatic heterocycles. The van der Waals surface area contributed by atoms with Crippen LogP contribution in [0.4, 0.5) is 10.1 Å². The molecule has 3 aromatic rings. The van der Waals surface area contributed by atoms with Gasteiger partial charge in [-0.3, -0.25) is 0 Å². The topological polar surface area (TPSA) is 67.8 Å². The Balaban J connectivity index is 1.71. The van der Waals surface area contributed by atoms with E-state index >= 15 is 0 Å². The van der Waals surface area contributed by atoms with Gasteiger partial charge in [0.1, 0.15) is 12.4 Å². The number of nitrogens with one attached hydrogen (secondary N) is 1. The lowest BCUT2D eigenvalue weighted by Crippen LogP contribution is -2.04. The van der Waals surface area contributed by atoms with Crippen molar-refractivity contribution < 1.29 is 23.8 Å². The zero-order valence-corrected chi connectivity index (χ0v) is 17.1. The highest BCUT2D eigenvalue weighted by molar-refractivity contribution is 6.31. The highest BCUT2D eigenvalue weighted by Gasteiger charge is 2.12. The van der Waals surface area contributed by atoms with Crippen molar-refractivity contribution in [2.45, 2.75) is 20.1 Å². The van der Waals surface area contributed by atoms with E-state index in [0.717, 1.165) is 16.8 Å². The molecule has 2 N–H and O–H groups in total. The second kappa shape index (κ2) is 9.98. The molecule has 0 fully saturated rings. The molecule has 3 aromatic carbocycles. The van der Waals surface area contributed by atoms with Gasteiger partial charge in [0.25, 0.3) is 0 Å². The van der Waals surface area contributed by atoms with E-state index in [2.05, 4.69) is 5.32 Å². The van der Waals surface area contributed by atoms with Crippen molar-refractivity contribution in [3.05, 3.63) is 88.2 Å². The molecule has 7 heteroatoms. The van der Waals surface area contributed by atoms with Crippen LogP contribution in [0.15, 0.2) is 60.7 Å². The normalized spacial score (nSPS) is 10.5. The largest absolute Gasteiger partial charge is 0.490 e. The molecule has 30 heavy (non-hydrogen) atoms. The number of hydrogen-bond donors (Lipinski definition) is 2. The van der Waals surface area contributed by atoms with Gasteiger partial charge in [-0.25, -0.2) is 9.18 Å². The third kappa shape index (κ3) is 5.64. The summed E-state index contributed by atoms with van der Waals surface area (Å²) in [6.45, 7) is 3.01. The zero-order chi connectivity index (χ0) is 21.5. The van der Waals surface area contributed by atoms with Gasteiger partial charge in [-0.2, -0.15) is 0 Å². The van der Waals surface area contributed by atoms with Gasteiger partial charge in [0, 0.05) is 23.3 Å². The van der Waals surface area contributed by atoms with E-state index in [4.69, 9.17) is 26.2 Å². The molecule has 0 saturated carbocycles. The summed E-state index contributed by atoms with van der Waals surface area (Å²) in [4.78, 5) is 10.9. The minimum Gasteiger partial charge on any atom is -0.490 e. The highest BCUT2D eigenvalue weighted by atomic mass is 35.5. The van der Waals surface area contributed by atoms with Crippen LogP contribution in [0.1, 0.15) is 28.4 Å². The molecule has 0 atom stereocenters. The van der Waals surface area contributed by atoms with Gasteiger partial charge in [-0.15, -0.1) is 0 Å². The molecule has 0 amide bonds. The molecule has 0 saturated heterocycles. The Morgan fingerprint density at radius 3 is 2.33 bits per heavy atom. The first-order chi connectivity index (χ1) is 14.5.